The SMILES string of the molecule is CCC1CCc2nc(C(C)CN)sc2C1. The van der Waals surface area contributed by atoms with Crippen LogP contribution in [0.25, 0.3) is 0 Å². The van der Waals surface area contributed by atoms with Gasteiger partial charge in [-0.25, -0.2) is 4.98 Å². The fourth-order valence-corrected chi connectivity index (χ4v) is 3.41. The van der Waals surface area contributed by atoms with Gasteiger partial charge in [0.25, 0.3) is 0 Å². The van der Waals surface area contributed by atoms with Crippen LogP contribution in [0.15, 0.2) is 0 Å². The van der Waals surface area contributed by atoms with Crippen LogP contribution in [-0.2, 0) is 12.8 Å². The van der Waals surface area contributed by atoms with Crippen molar-refractivity contribution in [2.75, 3.05) is 6.54 Å². The molecule has 3 heteroatoms. The summed E-state index contributed by atoms with van der Waals surface area (Å²) < 4.78 is 0. The number of nitrogens with zero attached hydrogens (tertiary/aromatic N) is 1. The predicted molar refractivity (Wildman–Crippen MR) is 65.4 cm³/mol. The second kappa shape index (κ2) is 4.62. The Hall–Kier alpha value is -0.410. The Labute approximate surface area is 95.9 Å². The van der Waals surface area contributed by atoms with E-state index in [0.717, 1.165) is 5.92 Å². The third kappa shape index (κ3) is 2.23. The van der Waals surface area contributed by atoms with Crippen molar-refractivity contribution in [2.24, 2.45) is 11.7 Å². The number of aromatic nitrogens is 1. The van der Waals surface area contributed by atoms with Gasteiger partial charge in [-0.15, -0.1) is 11.3 Å². The lowest BCUT2D eigenvalue weighted by atomic mass is 9.89. The lowest BCUT2D eigenvalue weighted by Crippen LogP contribution is -2.12. The molecule has 0 spiro atoms. The van der Waals surface area contributed by atoms with Crippen molar-refractivity contribution in [3.63, 3.8) is 0 Å². The second-order valence-electron chi connectivity index (χ2n) is 4.58. The van der Waals surface area contributed by atoms with Crippen molar-refractivity contribution in [2.45, 2.75) is 45.4 Å². The molecule has 1 aromatic rings. The third-order valence-corrected chi connectivity index (χ3v) is 4.76. The van der Waals surface area contributed by atoms with E-state index in [0.29, 0.717) is 12.5 Å². The van der Waals surface area contributed by atoms with Crippen LogP contribution in [0.4, 0.5) is 0 Å². The van der Waals surface area contributed by atoms with Crippen LogP contribution in [0.1, 0.15) is 48.2 Å². The van der Waals surface area contributed by atoms with Crippen LogP contribution >= 0.6 is 11.3 Å². The van der Waals surface area contributed by atoms with Crippen molar-refractivity contribution in [1.29, 1.82) is 0 Å². The molecule has 2 nitrogen and oxygen atoms in total. The smallest absolute Gasteiger partial charge is 0.0971 e. The van der Waals surface area contributed by atoms with E-state index in [9.17, 15) is 0 Å². The van der Waals surface area contributed by atoms with E-state index in [1.165, 1.54) is 41.3 Å². The Kier molecular flexibility index (Phi) is 3.42. The van der Waals surface area contributed by atoms with E-state index < -0.39 is 0 Å². The lowest BCUT2D eigenvalue weighted by Gasteiger charge is -2.18. The quantitative estimate of drug-likeness (QED) is 0.857. The molecule has 0 saturated carbocycles. The van der Waals surface area contributed by atoms with Crippen molar-refractivity contribution in [1.82, 2.24) is 4.98 Å². The Morgan fingerprint density at radius 2 is 2.40 bits per heavy atom. The molecular formula is C12H20N2S. The first-order chi connectivity index (χ1) is 7.24. The van der Waals surface area contributed by atoms with E-state index >= 15 is 0 Å². The number of aryl methyl sites for hydroxylation is 1. The highest BCUT2D eigenvalue weighted by Crippen LogP contribution is 2.33. The number of hydrogen-bond acceptors (Lipinski definition) is 3. The fraction of sp³-hybridized carbons (Fsp3) is 0.750. The molecule has 2 N–H and O–H groups in total. The summed E-state index contributed by atoms with van der Waals surface area (Å²) in [5, 5.41) is 1.25. The molecule has 1 aliphatic carbocycles. The minimum Gasteiger partial charge on any atom is -0.330 e. The summed E-state index contributed by atoms with van der Waals surface area (Å²) in [7, 11) is 0. The van der Waals surface area contributed by atoms with Gasteiger partial charge in [-0.1, -0.05) is 20.3 Å². The average molecular weight is 224 g/mol. The van der Waals surface area contributed by atoms with E-state index in [1.54, 1.807) is 0 Å². The maximum atomic E-state index is 5.68. The van der Waals surface area contributed by atoms with Gasteiger partial charge in [0.1, 0.15) is 0 Å². The van der Waals surface area contributed by atoms with Crippen LogP contribution < -0.4 is 5.73 Å². The van der Waals surface area contributed by atoms with Crippen LogP contribution in [0.5, 0.6) is 0 Å². The molecule has 0 saturated heterocycles. The average Bonchev–Trinajstić information content (AvgIpc) is 2.70. The second-order valence-corrected chi connectivity index (χ2v) is 5.69. The molecule has 0 fully saturated rings. The first kappa shape index (κ1) is 11.1. The largest absolute Gasteiger partial charge is 0.330 e. The summed E-state index contributed by atoms with van der Waals surface area (Å²) >= 11 is 1.90. The first-order valence-electron chi connectivity index (χ1n) is 5.93. The van der Waals surface area contributed by atoms with Crippen molar-refractivity contribution < 1.29 is 0 Å². The molecule has 0 aromatic carbocycles. The van der Waals surface area contributed by atoms with Crippen molar-refractivity contribution >= 4 is 11.3 Å². The normalized spacial score (nSPS) is 22.5. The zero-order chi connectivity index (χ0) is 10.8. The summed E-state index contributed by atoms with van der Waals surface area (Å²) in [5.41, 5.74) is 7.04. The maximum absolute atomic E-state index is 5.68. The highest BCUT2D eigenvalue weighted by atomic mass is 32.1. The van der Waals surface area contributed by atoms with Gasteiger partial charge in [-0.2, -0.15) is 0 Å². The zero-order valence-corrected chi connectivity index (χ0v) is 10.4. The molecule has 2 atom stereocenters. The molecule has 1 aromatic heterocycles. The summed E-state index contributed by atoms with van der Waals surface area (Å²) in [6.45, 7) is 5.17. The highest BCUT2D eigenvalue weighted by Gasteiger charge is 2.22. The molecule has 0 amide bonds. The molecule has 15 heavy (non-hydrogen) atoms. The first-order valence-corrected chi connectivity index (χ1v) is 6.74. The van der Waals surface area contributed by atoms with Crippen LogP contribution in [0.3, 0.4) is 0 Å². The number of thiazole rings is 1. The van der Waals surface area contributed by atoms with E-state index in [4.69, 9.17) is 10.7 Å². The molecular weight excluding hydrogens is 204 g/mol. The van der Waals surface area contributed by atoms with Gasteiger partial charge in [0.15, 0.2) is 0 Å². The van der Waals surface area contributed by atoms with Gasteiger partial charge >= 0.3 is 0 Å². The molecule has 0 aliphatic heterocycles. The monoisotopic (exact) mass is 224 g/mol. The van der Waals surface area contributed by atoms with Gasteiger partial charge in [-0.3, -0.25) is 0 Å². The molecule has 2 unspecified atom stereocenters. The van der Waals surface area contributed by atoms with Gasteiger partial charge in [-0.05, 0) is 25.2 Å². The van der Waals surface area contributed by atoms with Crippen molar-refractivity contribution in [3.05, 3.63) is 15.6 Å². The minimum atomic E-state index is 0.431. The Morgan fingerprint density at radius 1 is 1.60 bits per heavy atom. The molecule has 1 heterocycles. The van der Waals surface area contributed by atoms with Gasteiger partial charge < -0.3 is 5.73 Å². The van der Waals surface area contributed by atoms with E-state index in [2.05, 4.69) is 13.8 Å². The van der Waals surface area contributed by atoms with Gasteiger partial charge in [0, 0.05) is 17.3 Å². The molecule has 2 rings (SSSR count). The van der Waals surface area contributed by atoms with E-state index in [-0.39, 0.29) is 0 Å². The lowest BCUT2D eigenvalue weighted by molar-refractivity contribution is 0.445. The summed E-state index contributed by atoms with van der Waals surface area (Å²) in [6, 6.07) is 0. The van der Waals surface area contributed by atoms with Crippen LogP contribution in [0.2, 0.25) is 0 Å². The number of rotatable bonds is 3. The Bertz CT molecular complexity index is 332. The molecule has 0 radical (unpaired) electrons. The predicted octanol–water partition coefficient (Wildman–Crippen LogP) is 2.72. The zero-order valence-electron chi connectivity index (χ0n) is 9.62. The highest BCUT2D eigenvalue weighted by molar-refractivity contribution is 7.11. The topological polar surface area (TPSA) is 38.9 Å². The van der Waals surface area contributed by atoms with E-state index in [1.807, 2.05) is 11.3 Å². The number of nitrogens with two attached hydrogens (primary N) is 1. The molecule has 1 aliphatic rings. The van der Waals surface area contributed by atoms with Gasteiger partial charge in [0.05, 0.1) is 10.7 Å². The molecule has 84 valence electrons. The van der Waals surface area contributed by atoms with Crippen molar-refractivity contribution in [3.8, 4) is 0 Å². The summed E-state index contributed by atoms with van der Waals surface area (Å²) in [6.07, 6.45) is 5.06. The summed E-state index contributed by atoms with van der Waals surface area (Å²) in [5.74, 6) is 1.32. The number of fused-ring (bicyclic) bond motifs is 1. The summed E-state index contributed by atoms with van der Waals surface area (Å²) in [4.78, 5) is 6.26. The molecule has 0 bridgehead atoms. The standard InChI is InChI=1S/C12H20N2S/c1-3-9-4-5-10-11(6-9)15-12(14-10)8(2)7-13/h8-9H,3-7,13H2,1-2H3. The number of hydrogen-bond donors (Lipinski definition) is 1. The third-order valence-electron chi connectivity index (χ3n) is 3.41. The Balaban J connectivity index is 2.18. The Morgan fingerprint density at radius 3 is 3.07 bits per heavy atom. The minimum absolute atomic E-state index is 0.431. The van der Waals surface area contributed by atoms with Crippen LogP contribution in [0, 0.1) is 5.92 Å². The van der Waals surface area contributed by atoms with Crippen LogP contribution in [-0.4, -0.2) is 11.5 Å². The fourth-order valence-electron chi connectivity index (χ4n) is 2.12. The maximum Gasteiger partial charge on any atom is 0.0971 e. The van der Waals surface area contributed by atoms with Gasteiger partial charge in [0.2, 0.25) is 0 Å².